The maximum atomic E-state index is 12.8. The molecule has 5 aliphatic carbocycles. The van der Waals surface area contributed by atoms with Crippen molar-refractivity contribution >= 4 is 0 Å². The monoisotopic (exact) mass is 340 g/mol. The Balaban J connectivity index is 1.42. The van der Waals surface area contributed by atoms with Crippen molar-refractivity contribution in [2.45, 2.75) is 90.1 Å². The van der Waals surface area contributed by atoms with Gasteiger partial charge in [-0.15, -0.1) is 0 Å². The molecular formula is C21H31F3. The molecule has 3 heteroatoms. The third kappa shape index (κ3) is 1.73. The maximum Gasteiger partial charge on any atom is 0.389 e. The molecule has 0 saturated heterocycles. The smallest absolute Gasteiger partial charge is 0.171 e. The van der Waals surface area contributed by atoms with Crippen LogP contribution < -0.4 is 0 Å². The average molecular weight is 340 g/mol. The van der Waals surface area contributed by atoms with Crippen LogP contribution in [-0.2, 0) is 0 Å². The number of rotatable bonds is 2. The van der Waals surface area contributed by atoms with Crippen LogP contribution >= 0.6 is 0 Å². The van der Waals surface area contributed by atoms with Gasteiger partial charge in [-0.3, -0.25) is 0 Å². The Kier molecular flexibility index (Phi) is 3.16. The van der Waals surface area contributed by atoms with Crippen LogP contribution in [0.15, 0.2) is 0 Å². The summed E-state index contributed by atoms with van der Waals surface area (Å²) in [5.41, 5.74) is 1.42. The minimum Gasteiger partial charge on any atom is -0.171 e. The second-order valence-corrected chi connectivity index (χ2v) is 10.1. The van der Waals surface area contributed by atoms with Crippen molar-refractivity contribution in [1.29, 1.82) is 0 Å². The van der Waals surface area contributed by atoms with E-state index in [0.29, 0.717) is 23.2 Å². The van der Waals surface area contributed by atoms with Crippen LogP contribution in [0, 0.1) is 39.9 Å². The minimum absolute atomic E-state index is 0.206. The molecule has 0 aromatic rings. The lowest BCUT2D eigenvalue weighted by Crippen LogP contribution is -2.39. The molecule has 0 radical (unpaired) electrons. The number of hydrogen-bond acceptors (Lipinski definition) is 0. The molecule has 5 aliphatic rings. The van der Waals surface area contributed by atoms with E-state index < -0.39 is 12.6 Å². The molecule has 2 spiro atoms. The first kappa shape index (κ1) is 16.0. The number of alkyl halides is 3. The summed E-state index contributed by atoms with van der Waals surface area (Å²) < 4.78 is 38.3. The Morgan fingerprint density at radius 2 is 1.67 bits per heavy atom. The van der Waals surface area contributed by atoms with E-state index in [4.69, 9.17) is 0 Å². The van der Waals surface area contributed by atoms with Gasteiger partial charge in [0.15, 0.2) is 0 Å². The quantitative estimate of drug-likeness (QED) is 0.522. The fourth-order valence-electron chi connectivity index (χ4n) is 9.37. The van der Waals surface area contributed by atoms with Crippen molar-refractivity contribution in [3.63, 3.8) is 0 Å². The Morgan fingerprint density at radius 3 is 2.46 bits per heavy atom. The van der Waals surface area contributed by atoms with Crippen LogP contribution in [0.5, 0.6) is 0 Å². The summed E-state index contributed by atoms with van der Waals surface area (Å²) in [5.74, 6) is 2.97. The van der Waals surface area contributed by atoms with Gasteiger partial charge in [0.1, 0.15) is 0 Å². The van der Waals surface area contributed by atoms with Gasteiger partial charge >= 0.3 is 6.18 Å². The van der Waals surface area contributed by atoms with Crippen LogP contribution in [0.1, 0.15) is 84.0 Å². The van der Waals surface area contributed by atoms with Gasteiger partial charge in [0.05, 0.1) is 0 Å². The zero-order chi connectivity index (χ0) is 16.8. The molecule has 136 valence electrons. The summed E-state index contributed by atoms with van der Waals surface area (Å²) in [5, 5.41) is 0. The topological polar surface area (TPSA) is 0 Å². The van der Waals surface area contributed by atoms with Crippen molar-refractivity contribution in [3.05, 3.63) is 0 Å². The van der Waals surface area contributed by atoms with Crippen molar-refractivity contribution in [1.82, 2.24) is 0 Å². The normalized spacial score (nSPS) is 55.5. The van der Waals surface area contributed by atoms with E-state index in [1.807, 2.05) is 0 Å². The van der Waals surface area contributed by atoms with E-state index >= 15 is 0 Å². The molecule has 0 N–H and O–H groups in total. The first-order chi connectivity index (χ1) is 11.3. The Labute approximate surface area is 144 Å². The average Bonchev–Trinajstić information content (AvgIpc) is 2.81. The summed E-state index contributed by atoms with van der Waals surface area (Å²) in [6, 6.07) is 0. The molecule has 5 fully saturated rings. The summed E-state index contributed by atoms with van der Waals surface area (Å²) in [4.78, 5) is 0. The number of fused-ring (bicyclic) bond motifs is 1. The second kappa shape index (κ2) is 4.74. The lowest BCUT2D eigenvalue weighted by Gasteiger charge is -2.45. The first-order valence-electron chi connectivity index (χ1n) is 10.4. The highest BCUT2D eigenvalue weighted by molar-refractivity contribution is 5.33. The Morgan fingerprint density at radius 1 is 0.833 bits per heavy atom. The molecule has 5 rings (SSSR count). The Bertz CT molecular complexity index is 540. The van der Waals surface area contributed by atoms with Gasteiger partial charge in [-0.1, -0.05) is 19.8 Å². The molecule has 0 nitrogen and oxygen atoms in total. The standard InChI is InChI=1S/C21H31F3/c1-18-11-9-17-19-10-3-2-4-15(19)7-12-20(17,19)16(18)6-5-14(18)8-13-21(22,23)24/h14-17H,2-13H2,1H3. The molecule has 7 unspecified atom stereocenters. The highest BCUT2D eigenvalue weighted by Crippen LogP contribution is 2.91. The third-order valence-electron chi connectivity index (χ3n) is 9.96. The molecule has 0 aromatic heterocycles. The van der Waals surface area contributed by atoms with Gasteiger partial charge in [0.2, 0.25) is 0 Å². The van der Waals surface area contributed by atoms with Crippen LogP contribution in [0.4, 0.5) is 13.2 Å². The lowest BCUT2D eigenvalue weighted by atomic mass is 9.59. The van der Waals surface area contributed by atoms with E-state index in [2.05, 4.69) is 6.92 Å². The molecule has 24 heavy (non-hydrogen) atoms. The van der Waals surface area contributed by atoms with Gasteiger partial charge in [-0.25, -0.2) is 0 Å². The fourth-order valence-corrected chi connectivity index (χ4v) is 9.37. The highest BCUT2D eigenvalue weighted by atomic mass is 19.4. The first-order valence-corrected chi connectivity index (χ1v) is 10.4. The highest BCUT2D eigenvalue weighted by Gasteiger charge is 2.85. The van der Waals surface area contributed by atoms with E-state index in [9.17, 15) is 13.2 Å². The zero-order valence-electron chi connectivity index (χ0n) is 14.9. The molecule has 0 amide bonds. The van der Waals surface area contributed by atoms with Gasteiger partial charge < -0.3 is 0 Å². The van der Waals surface area contributed by atoms with E-state index in [1.165, 1.54) is 57.8 Å². The molecule has 7 atom stereocenters. The summed E-state index contributed by atoms with van der Waals surface area (Å²) >= 11 is 0. The molecular weight excluding hydrogens is 309 g/mol. The van der Waals surface area contributed by atoms with E-state index in [0.717, 1.165) is 24.2 Å². The minimum atomic E-state index is -3.98. The fraction of sp³-hybridized carbons (Fsp3) is 1.00. The Hall–Kier alpha value is -0.210. The molecule has 0 aromatic carbocycles. The number of hydrogen-bond donors (Lipinski definition) is 0. The SMILES string of the molecule is CC12CCC3C45CCCCC4CCC35C1CCC2CCC(F)(F)F. The summed E-state index contributed by atoms with van der Waals surface area (Å²) in [6.07, 6.45) is 9.22. The van der Waals surface area contributed by atoms with Crippen LogP contribution in [0.25, 0.3) is 0 Å². The maximum absolute atomic E-state index is 12.8. The zero-order valence-corrected chi connectivity index (χ0v) is 14.9. The van der Waals surface area contributed by atoms with E-state index in [1.54, 1.807) is 0 Å². The molecule has 0 heterocycles. The van der Waals surface area contributed by atoms with Crippen molar-refractivity contribution in [3.8, 4) is 0 Å². The molecule has 0 aliphatic heterocycles. The lowest BCUT2D eigenvalue weighted by molar-refractivity contribution is -0.140. The predicted molar refractivity (Wildman–Crippen MR) is 88.4 cm³/mol. The summed E-state index contributed by atoms with van der Waals surface area (Å²) in [6.45, 7) is 2.39. The van der Waals surface area contributed by atoms with Crippen molar-refractivity contribution < 1.29 is 13.2 Å². The van der Waals surface area contributed by atoms with Crippen molar-refractivity contribution in [2.75, 3.05) is 0 Å². The molecule has 5 saturated carbocycles. The van der Waals surface area contributed by atoms with Gasteiger partial charge in [0.25, 0.3) is 0 Å². The molecule has 0 bridgehead atoms. The predicted octanol–water partition coefficient (Wildman–Crippen LogP) is 6.74. The number of halogens is 3. The van der Waals surface area contributed by atoms with Crippen LogP contribution in [-0.4, -0.2) is 6.18 Å². The van der Waals surface area contributed by atoms with Gasteiger partial charge in [-0.05, 0) is 97.7 Å². The third-order valence-corrected chi connectivity index (χ3v) is 9.96. The second-order valence-electron chi connectivity index (χ2n) is 10.1. The van der Waals surface area contributed by atoms with Crippen molar-refractivity contribution in [2.24, 2.45) is 39.9 Å². The largest absolute Gasteiger partial charge is 0.389 e. The van der Waals surface area contributed by atoms with Crippen LogP contribution in [0.3, 0.4) is 0 Å². The van der Waals surface area contributed by atoms with Crippen LogP contribution in [0.2, 0.25) is 0 Å². The van der Waals surface area contributed by atoms with Gasteiger partial charge in [-0.2, -0.15) is 13.2 Å². The van der Waals surface area contributed by atoms with E-state index in [-0.39, 0.29) is 5.41 Å². The summed E-state index contributed by atoms with van der Waals surface area (Å²) in [7, 11) is 0. The van der Waals surface area contributed by atoms with Gasteiger partial charge in [0, 0.05) is 6.42 Å².